The van der Waals surface area contributed by atoms with Crippen molar-refractivity contribution in [2.24, 2.45) is 0 Å². The Morgan fingerprint density at radius 3 is 2.50 bits per heavy atom. The van der Waals surface area contributed by atoms with Crippen molar-refractivity contribution in [1.82, 2.24) is 0 Å². The Balaban J connectivity index is 2.24. The zero-order valence-corrected chi connectivity index (χ0v) is 10.3. The number of hydrogen-bond acceptors (Lipinski definition) is 3. The fraction of sp³-hybridized carbons (Fsp3) is 0.0667. The summed E-state index contributed by atoms with van der Waals surface area (Å²) in [7, 11) is 0. The molecule has 0 aliphatic rings. The highest BCUT2D eigenvalue weighted by molar-refractivity contribution is 5.58. The monoisotopic (exact) mass is 269 g/mol. The Kier molecular flexibility index (Phi) is 3.93. The van der Waals surface area contributed by atoms with E-state index in [0.717, 1.165) is 0 Å². The van der Waals surface area contributed by atoms with Crippen molar-refractivity contribution in [2.45, 2.75) is 6.54 Å². The first-order valence-electron chi connectivity index (χ1n) is 5.76. The molecule has 0 saturated carbocycles. The molecule has 0 radical (unpaired) electrons. The maximum absolute atomic E-state index is 13.6. The van der Waals surface area contributed by atoms with E-state index in [0.29, 0.717) is 5.56 Å². The molecule has 0 unspecified atom stereocenters. The Labute approximate surface area is 114 Å². The summed E-state index contributed by atoms with van der Waals surface area (Å²) < 4.78 is 27.0. The number of nitriles is 2. The molecule has 1 N–H and O–H groups in total. The van der Waals surface area contributed by atoms with E-state index in [-0.39, 0.29) is 23.4 Å². The first-order valence-corrected chi connectivity index (χ1v) is 5.76. The average molecular weight is 269 g/mol. The van der Waals surface area contributed by atoms with E-state index in [1.54, 1.807) is 6.07 Å². The summed E-state index contributed by atoms with van der Waals surface area (Å²) in [6.07, 6.45) is 0. The molecule has 0 aromatic heterocycles. The van der Waals surface area contributed by atoms with Crippen LogP contribution in [0.15, 0.2) is 36.4 Å². The third-order valence-electron chi connectivity index (χ3n) is 2.77. The van der Waals surface area contributed by atoms with Gasteiger partial charge in [-0.2, -0.15) is 10.5 Å². The summed E-state index contributed by atoms with van der Waals surface area (Å²) in [5, 5.41) is 20.5. The standard InChI is InChI=1S/C15H9F2N3/c16-13-5-4-10(7-18)6-11(13)9-20-15-3-1-2-14(17)12(15)8-19/h1-6,20H,9H2. The van der Waals surface area contributed by atoms with Crippen LogP contribution < -0.4 is 5.32 Å². The summed E-state index contributed by atoms with van der Waals surface area (Å²) in [4.78, 5) is 0. The van der Waals surface area contributed by atoms with Crippen LogP contribution in [0.4, 0.5) is 14.5 Å². The van der Waals surface area contributed by atoms with Gasteiger partial charge in [0.15, 0.2) is 0 Å². The van der Waals surface area contributed by atoms with E-state index in [1.807, 2.05) is 6.07 Å². The van der Waals surface area contributed by atoms with Gasteiger partial charge in [0.05, 0.1) is 17.3 Å². The second-order valence-electron chi connectivity index (χ2n) is 4.05. The normalized spacial score (nSPS) is 9.60. The maximum Gasteiger partial charge on any atom is 0.143 e. The van der Waals surface area contributed by atoms with Crippen molar-refractivity contribution < 1.29 is 8.78 Å². The van der Waals surface area contributed by atoms with Gasteiger partial charge in [-0.05, 0) is 30.3 Å². The van der Waals surface area contributed by atoms with Crippen LogP contribution >= 0.6 is 0 Å². The minimum absolute atomic E-state index is 0.0550. The Morgan fingerprint density at radius 1 is 1.00 bits per heavy atom. The number of nitrogens with one attached hydrogen (secondary N) is 1. The van der Waals surface area contributed by atoms with Crippen molar-refractivity contribution in [3.8, 4) is 12.1 Å². The summed E-state index contributed by atoms with van der Waals surface area (Å²) in [6.45, 7) is 0.0550. The van der Waals surface area contributed by atoms with E-state index >= 15 is 0 Å². The van der Waals surface area contributed by atoms with Crippen molar-refractivity contribution in [2.75, 3.05) is 5.32 Å². The molecule has 2 aromatic carbocycles. The van der Waals surface area contributed by atoms with Crippen LogP contribution in [0.5, 0.6) is 0 Å². The molecule has 0 saturated heterocycles. The Bertz CT molecular complexity index is 727. The molecule has 0 atom stereocenters. The van der Waals surface area contributed by atoms with Crippen LogP contribution in [0.2, 0.25) is 0 Å². The quantitative estimate of drug-likeness (QED) is 0.929. The Hall–Kier alpha value is -2.92. The van der Waals surface area contributed by atoms with Crippen LogP contribution in [0.1, 0.15) is 16.7 Å². The highest BCUT2D eigenvalue weighted by Gasteiger charge is 2.09. The third kappa shape index (κ3) is 2.73. The molecule has 0 bridgehead atoms. The lowest BCUT2D eigenvalue weighted by atomic mass is 10.1. The van der Waals surface area contributed by atoms with E-state index in [2.05, 4.69) is 5.32 Å². The van der Waals surface area contributed by atoms with Gasteiger partial charge < -0.3 is 5.32 Å². The van der Waals surface area contributed by atoms with Crippen LogP contribution in [0, 0.1) is 34.3 Å². The van der Waals surface area contributed by atoms with E-state index in [4.69, 9.17) is 10.5 Å². The second-order valence-corrected chi connectivity index (χ2v) is 4.05. The van der Waals surface area contributed by atoms with Crippen LogP contribution in [-0.4, -0.2) is 0 Å². The minimum Gasteiger partial charge on any atom is -0.380 e. The number of benzene rings is 2. The van der Waals surface area contributed by atoms with Gasteiger partial charge in [-0.3, -0.25) is 0 Å². The molecule has 2 rings (SSSR count). The smallest absolute Gasteiger partial charge is 0.143 e. The van der Waals surface area contributed by atoms with Crippen LogP contribution in [0.3, 0.4) is 0 Å². The summed E-state index contributed by atoms with van der Waals surface area (Å²) in [6, 6.07) is 11.8. The predicted octanol–water partition coefficient (Wildman–Crippen LogP) is 3.32. The van der Waals surface area contributed by atoms with E-state index < -0.39 is 11.6 Å². The first-order chi connectivity index (χ1) is 9.65. The lowest BCUT2D eigenvalue weighted by Crippen LogP contribution is -2.04. The lowest BCUT2D eigenvalue weighted by molar-refractivity contribution is 0.612. The fourth-order valence-electron chi connectivity index (χ4n) is 1.76. The van der Waals surface area contributed by atoms with Crippen molar-refractivity contribution in [3.63, 3.8) is 0 Å². The summed E-state index contributed by atoms with van der Waals surface area (Å²) in [5.74, 6) is -1.10. The molecule has 2 aromatic rings. The topological polar surface area (TPSA) is 59.6 Å². The number of rotatable bonds is 3. The van der Waals surface area contributed by atoms with E-state index in [1.165, 1.54) is 36.4 Å². The predicted molar refractivity (Wildman–Crippen MR) is 69.6 cm³/mol. The highest BCUT2D eigenvalue weighted by Crippen LogP contribution is 2.19. The van der Waals surface area contributed by atoms with Gasteiger partial charge in [0.1, 0.15) is 23.3 Å². The number of hydrogen-bond donors (Lipinski definition) is 1. The molecule has 0 fully saturated rings. The molecule has 0 heterocycles. The highest BCUT2D eigenvalue weighted by atomic mass is 19.1. The summed E-state index contributed by atoms with van der Waals surface area (Å²) in [5.41, 5.74) is 0.777. The van der Waals surface area contributed by atoms with Gasteiger partial charge in [0.25, 0.3) is 0 Å². The molecule has 98 valence electrons. The molecule has 0 amide bonds. The summed E-state index contributed by atoms with van der Waals surface area (Å²) >= 11 is 0. The first kappa shape index (κ1) is 13.5. The lowest BCUT2D eigenvalue weighted by Gasteiger charge is -2.09. The number of nitrogens with zero attached hydrogens (tertiary/aromatic N) is 2. The van der Waals surface area contributed by atoms with Crippen LogP contribution in [0.25, 0.3) is 0 Å². The largest absolute Gasteiger partial charge is 0.380 e. The molecule has 0 aliphatic carbocycles. The number of halogens is 2. The maximum atomic E-state index is 13.6. The van der Waals surface area contributed by atoms with Crippen LogP contribution in [-0.2, 0) is 6.54 Å². The zero-order chi connectivity index (χ0) is 14.5. The van der Waals surface area contributed by atoms with E-state index in [9.17, 15) is 8.78 Å². The molecule has 20 heavy (non-hydrogen) atoms. The van der Waals surface area contributed by atoms with Gasteiger partial charge in [-0.15, -0.1) is 0 Å². The van der Waals surface area contributed by atoms with Gasteiger partial charge in [0, 0.05) is 12.1 Å². The molecular formula is C15H9F2N3. The SMILES string of the molecule is N#Cc1ccc(F)c(CNc2cccc(F)c2C#N)c1. The Morgan fingerprint density at radius 2 is 1.80 bits per heavy atom. The number of anilines is 1. The van der Waals surface area contributed by atoms with Gasteiger partial charge in [-0.25, -0.2) is 8.78 Å². The third-order valence-corrected chi connectivity index (χ3v) is 2.77. The van der Waals surface area contributed by atoms with Crippen molar-refractivity contribution in [1.29, 1.82) is 10.5 Å². The molecule has 5 heteroatoms. The van der Waals surface area contributed by atoms with Gasteiger partial charge in [-0.1, -0.05) is 6.07 Å². The molecule has 0 aliphatic heterocycles. The molecule has 0 spiro atoms. The second kappa shape index (κ2) is 5.81. The van der Waals surface area contributed by atoms with Gasteiger partial charge >= 0.3 is 0 Å². The minimum atomic E-state index is -0.635. The van der Waals surface area contributed by atoms with Gasteiger partial charge in [0.2, 0.25) is 0 Å². The molecular weight excluding hydrogens is 260 g/mol. The molecule has 3 nitrogen and oxygen atoms in total. The van der Waals surface area contributed by atoms with Crippen molar-refractivity contribution >= 4 is 5.69 Å². The average Bonchev–Trinajstić information content (AvgIpc) is 2.46. The van der Waals surface area contributed by atoms with Crippen molar-refractivity contribution in [3.05, 3.63) is 64.7 Å². The fourth-order valence-corrected chi connectivity index (χ4v) is 1.76. The zero-order valence-electron chi connectivity index (χ0n) is 10.3.